The molecule has 0 spiro atoms. The number of sulfonamides is 1. The molecule has 1 heterocycles. The van der Waals surface area contributed by atoms with Crippen LogP contribution in [0.3, 0.4) is 0 Å². The molecule has 3 rings (SSSR count). The Morgan fingerprint density at radius 2 is 1.78 bits per heavy atom. The molecule has 27 heavy (non-hydrogen) atoms. The molecule has 1 N–H and O–H groups in total. The van der Waals surface area contributed by atoms with Crippen LogP contribution in [-0.2, 0) is 14.8 Å². The number of nitrogens with one attached hydrogen (secondary N) is 1. The van der Waals surface area contributed by atoms with Crippen LogP contribution >= 0.6 is 0 Å². The number of hydrogen-bond acceptors (Lipinski definition) is 4. The Kier molecular flexibility index (Phi) is 5.94. The van der Waals surface area contributed by atoms with Crippen LogP contribution in [0.2, 0.25) is 0 Å². The topological polar surface area (TPSA) is 75.7 Å². The minimum absolute atomic E-state index is 0.0180. The summed E-state index contributed by atoms with van der Waals surface area (Å²) in [5.41, 5.74) is 1.88. The average Bonchev–Trinajstić information content (AvgIpc) is 2.69. The predicted octanol–water partition coefficient (Wildman–Crippen LogP) is 3.08. The number of amides is 1. The van der Waals surface area contributed by atoms with Crippen LogP contribution < -0.4 is 5.32 Å². The Bertz CT molecular complexity index is 919. The van der Waals surface area contributed by atoms with Crippen molar-refractivity contribution in [2.75, 3.05) is 31.6 Å². The molecule has 1 aliphatic rings. The van der Waals surface area contributed by atoms with Gasteiger partial charge in [0.05, 0.1) is 23.7 Å². The molecule has 0 unspecified atom stereocenters. The van der Waals surface area contributed by atoms with Gasteiger partial charge in [0.25, 0.3) is 5.91 Å². The van der Waals surface area contributed by atoms with Crippen LogP contribution in [0.1, 0.15) is 35.7 Å². The van der Waals surface area contributed by atoms with Gasteiger partial charge >= 0.3 is 0 Å². The Balaban J connectivity index is 1.89. The number of rotatable bonds is 5. The van der Waals surface area contributed by atoms with Gasteiger partial charge in [-0.05, 0) is 35.7 Å². The van der Waals surface area contributed by atoms with E-state index in [1.165, 1.54) is 16.4 Å². The number of anilines is 1. The summed E-state index contributed by atoms with van der Waals surface area (Å²) >= 11 is 0. The maximum atomic E-state index is 13.0. The molecule has 7 heteroatoms. The van der Waals surface area contributed by atoms with Gasteiger partial charge in [-0.25, -0.2) is 8.42 Å². The molecule has 2 aromatic carbocycles. The first-order valence-corrected chi connectivity index (χ1v) is 10.4. The van der Waals surface area contributed by atoms with Gasteiger partial charge in [0.15, 0.2) is 0 Å². The van der Waals surface area contributed by atoms with E-state index in [0.717, 1.165) is 5.56 Å². The van der Waals surface area contributed by atoms with Gasteiger partial charge in [-0.2, -0.15) is 4.31 Å². The van der Waals surface area contributed by atoms with Crippen molar-refractivity contribution in [1.29, 1.82) is 0 Å². The fourth-order valence-corrected chi connectivity index (χ4v) is 4.58. The van der Waals surface area contributed by atoms with E-state index >= 15 is 0 Å². The summed E-state index contributed by atoms with van der Waals surface area (Å²) < 4.78 is 32.6. The van der Waals surface area contributed by atoms with Gasteiger partial charge in [-0.1, -0.05) is 38.1 Å². The Hall–Kier alpha value is -2.22. The molecule has 1 amide bonds. The Labute approximate surface area is 160 Å². The van der Waals surface area contributed by atoms with Crippen LogP contribution in [0.4, 0.5) is 5.69 Å². The third-order valence-corrected chi connectivity index (χ3v) is 6.49. The van der Waals surface area contributed by atoms with Gasteiger partial charge < -0.3 is 10.1 Å². The van der Waals surface area contributed by atoms with Crippen LogP contribution in [0.15, 0.2) is 53.4 Å². The van der Waals surface area contributed by atoms with Gasteiger partial charge in [0.1, 0.15) is 0 Å². The molecule has 1 aliphatic heterocycles. The lowest BCUT2D eigenvalue weighted by atomic mass is 10.0. The van der Waals surface area contributed by atoms with E-state index in [2.05, 4.69) is 19.2 Å². The summed E-state index contributed by atoms with van der Waals surface area (Å²) in [4.78, 5) is 12.8. The number of carbonyl (C=O) groups excluding carboxylic acids is 1. The first-order chi connectivity index (χ1) is 12.9. The number of benzene rings is 2. The lowest BCUT2D eigenvalue weighted by molar-refractivity contribution is 0.0730. The number of ether oxygens (including phenoxy) is 1. The number of nitrogens with zero attached hydrogens (tertiary/aromatic N) is 1. The van der Waals surface area contributed by atoms with Gasteiger partial charge in [-0.15, -0.1) is 0 Å². The summed E-state index contributed by atoms with van der Waals surface area (Å²) in [6.45, 7) is 5.44. The minimum atomic E-state index is -3.76. The molecule has 0 aromatic heterocycles. The SMILES string of the molecule is CC(C)c1cccc(NC(=O)c2ccccc2S(=O)(=O)N2CCOCC2)c1. The second-order valence-electron chi connectivity index (χ2n) is 6.75. The van der Waals surface area contributed by atoms with Crippen molar-refractivity contribution in [2.45, 2.75) is 24.7 Å². The van der Waals surface area contributed by atoms with Crippen LogP contribution in [0.5, 0.6) is 0 Å². The fraction of sp³-hybridized carbons (Fsp3) is 0.350. The first kappa shape index (κ1) is 19.5. The first-order valence-electron chi connectivity index (χ1n) is 8.98. The second kappa shape index (κ2) is 8.21. The van der Waals surface area contributed by atoms with Crippen molar-refractivity contribution in [3.05, 3.63) is 59.7 Å². The second-order valence-corrected chi connectivity index (χ2v) is 8.65. The highest BCUT2D eigenvalue weighted by atomic mass is 32.2. The molecule has 0 aliphatic carbocycles. The lowest BCUT2D eigenvalue weighted by Crippen LogP contribution is -2.41. The molecule has 2 aromatic rings. The smallest absolute Gasteiger partial charge is 0.257 e. The van der Waals surface area contributed by atoms with Gasteiger partial charge in [-0.3, -0.25) is 4.79 Å². The lowest BCUT2D eigenvalue weighted by Gasteiger charge is -2.26. The molecule has 6 nitrogen and oxygen atoms in total. The third-order valence-electron chi connectivity index (χ3n) is 4.53. The highest BCUT2D eigenvalue weighted by Gasteiger charge is 2.30. The van der Waals surface area contributed by atoms with E-state index in [9.17, 15) is 13.2 Å². The third kappa shape index (κ3) is 4.37. The molecule has 144 valence electrons. The summed E-state index contributed by atoms with van der Waals surface area (Å²) in [7, 11) is -3.76. The highest BCUT2D eigenvalue weighted by molar-refractivity contribution is 7.89. The minimum Gasteiger partial charge on any atom is -0.379 e. The number of hydrogen-bond donors (Lipinski definition) is 1. The van der Waals surface area contributed by atoms with E-state index < -0.39 is 15.9 Å². The average molecular weight is 388 g/mol. The Morgan fingerprint density at radius 1 is 1.07 bits per heavy atom. The van der Waals surface area contributed by atoms with Crippen LogP contribution in [0.25, 0.3) is 0 Å². The van der Waals surface area contributed by atoms with Crippen LogP contribution in [0, 0.1) is 0 Å². The fourth-order valence-electron chi connectivity index (χ4n) is 2.98. The summed E-state index contributed by atoms with van der Waals surface area (Å²) in [6, 6.07) is 13.9. The van der Waals surface area contributed by atoms with Crippen LogP contribution in [-0.4, -0.2) is 44.9 Å². The van der Waals surface area contributed by atoms with E-state index in [1.54, 1.807) is 18.2 Å². The highest BCUT2D eigenvalue weighted by Crippen LogP contribution is 2.23. The van der Waals surface area contributed by atoms with Crippen molar-refractivity contribution < 1.29 is 17.9 Å². The molecule has 0 radical (unpaired) electrons. The quantitative estimate of drug-likeness (QED) is 0.854. The van der Waals surface area contributed by atoms with Gasteiger partial charge in [0, 0.05) is 18.8 Å². The zero-order valence-corrected chi connectivity index (χ0v) is 16.3. The standard InChI is InChI=1S/C20H24N2O4S/c1-15(2)16-6-5-7-17(14-16)21-20(23)18-8-3-4-9-19(18)27(24,25)22-10-12-26-13-11-22/h3-9,14-15H,10-13H2,1-2H3,(H,21,23). The van der Waals surface area contributed by atoms with E-state index in [0.29, 0.717) is 24.8 Å². The number of morpholine rings is 1. The molecule has 1 saturated heterocycles. The summed E-state index contributed by atoms with van der Waals surface area (Å²) in [5.74, 6) is -0.112. The maximum Gasteiger partial charge on any atom is 0.257 e. The maximum absolute atomic E-state index is 13.0. The Morgan fingerprint density at radius 3 is 2.48 bits per heavy atom. The summed E-state index contributed by atoms with van der Waals surface area (Å²) in [6.07, 6.45) is 0. The van der Waals surface area contributed by atoms with Gasteiger partial charge in [0.2, 0.25) is 10.0 Å². The van der Waals surface area contributed by atoms with Crippen molar-refractivity contribution in [3.63, 3.8) is 0 Å². The normalized spacial score (nSPS) is 15.7. The predicted molar refractivity (Wildman–Crippen MR) is 105 cm³/mol. The molecule has 1 fully saturated rings. The molecule has 0 bridgehead atoms. The monoisotopic (exact) mass is 388 g/mol. The zero-order chi connectivity index (χ0) is 19.4. The van der Waals surface area contributed by atoms with E-state index in [4.69, 9.17) is 4.74 Å². The van der Waals surface area contributed by atoms with E-state index in [-0.39, 0.29) is 23.5 Å². The molecular formula is C20H24N2O4S. The van der Waals surface area contributed by atoms with Crippen molar-refractivity contribution >= 4 is 21.6 Å². The van der Waals surface area contributed by atoms with Crippen molar-refractivity contribution in [3.8, 4) is 0 Å². The molecule has 0 atom stereocenters. The molecule has 0 saturated carbocycles. The largest absolute Gasteiger partial charge is 0.379 e. The van der Waals surface area contributed by atoms with Crippen molar-refractivity contribution in [1.82, 2.24) is 4.31 Å². The van der Waals surface area contributed by atoms with E-state index in [1.807, 2.05) is 18.2 Å². The summed E-state index contributed by atoms with van der Waals surface area (Å²) in [5, 5.41) is 2.82. The number of carbonyl (C=O) groups is 1. The van der Waals surface area contributed by atoms with Crippen molar-refractivity contribution in [2.24, 2.45) is 0 Å². The zero-order valence-electron chi connectivity index (χ0n) is 15.5. The molecular weight excluding hydrogens is 364 g/mol.